The van der Waals surface area contributed by atoms with Crippen LogP contribution in [0, 0.1) is 5.92 Å². The first-order valence-electron chi connectivity index (χ1n) is 10.0. The summed E-state index contributed by atoms with van der Waals surface area (Å²) < 4.78 is 1.13. The molecular formula is C22H28BrN3O. The van der Waals surface area contributed by atoms with Gasteiger partial charge in [-0.25, -0.2) is 0 Å². The summed E-state index contributed by atoms with van der Waals surface area (Å²) in [5, 5.41) is 0. The lowest BCUT2D eigenvalue weighted by atomic mass is 9.93. The summed E-state index contributed by atoms with van der Waals surface area (Å²) in [4.78, 5) is 19.1. The minimum Gasteiger partial charge on any atom is -0.369 e. The maximum Gasteiger partial charge on any atom is 0.223 e. The number of rotatable bonds is 4. The van der Waals surface area contributed by atoms with Gasteiger partial charge in [0.15, 0.2) is 0 Å². The molecule has 0 radical (unpaired) electrons. The molecule has 0 N–H and O–H groups in total. The Morgan fingerprint density at radius 3 is 2.59 bits per heavy atom. The van der Waals surface area contributed by atoms with Crippen LogP contribution in [0.1, 0.15) is 26.2 Å². The molecule has 2 heterocycles. The largest absolute Gasteiger partial charge is 0.369 e. The van der Waals surface area contributed by atoms with Crippen LogP contribution in [0.4, 0.5) is 5.69 Å². The molecule has 1 atom stereocenters. The molecule has 2 aliphatic heterocycles. The summed E-state index contributed by atoms with van der Waals surface area (Å²) in [6.07, 6.45) is 7.77. The number of amides is 1. The number of hydrogen-bond donors (Lipinski definition) is 0. The monoisotopic (exact) mass is 429 g/mol. The van der Waals surface area contributed by atoms with Crippen molar-refractivity contribution in [2.45, 2.75) is 26.2 Å². The Kier molecular flexibility index (Phi) is 5.69. The standard InChI is InChI=1S/C22H28BrN3O/c1-17(27)26-16-18(21-4-2-3-5-22(21)26)10-11-24-12-14-25(15-13-24)20-8-6-19(23)7-9-20/h2,4,6-9,18H,3,5,10-16H2,1H3. The predicted octanol–water partition coefficient (Wildman–Crippen LogP) is 4.04. The van der Waals surface area contributed by atoms with Gasteiger partial charge in [0.25, 0.3) is 0 Å². The van der Waals surface area contributed by atoms with Gasteiger partial charge in [-0.05, 0) is 55.6 Å². The van der Waals surface area contributed by atoms with Gasteiger partial charge in [-0.2, -0.15) is 0 Å². The third-order valence-electron chi connectivity index (χ3n) is 6.09. The van der Waals surface area contributed by atoms with Crippen LogP contribution in [0.25, 0.3) is 0 Å². The van der Waals surface area contributed by atoms with Crippen LogP contribution in [0.2, 0.25) is 0 Å². The Labute approximate surface area is 170 Å². The highest BCUT2D eigenvalue weighted by Crippen LogP contribution is 2.36. The van der Waals surface area contributed by atoms with Gasteiger partial charge in [0.05, 0.1) is 0 Å². The van der Waals surface area contributed by atoms with E-state index in [0.717, 1.165) is 63.0 Å². The average Bonchev–Trinajstić information content (AvgIpc) is 3.07. The van der Waals surface area contributed by atoms with Crippen molar-refractivity contribution in [2.24, 2.45) is 5.92 Å². The molecule has 1 saturated heterocycles. The molecule has 144 valence electrons. The van der Waals surface area contributed by atoms with E-state index in [1.165, 1.54) is 17.0 Å². The first-order valence-corrected chi connectivity index (χ1v) is 10.8. The topological polar surface area (TPSA) is 26.8 Å². The Bertz CT molecular complexity index is 747. The van der Waals surface area contributed by atoms with E-state index in [-0.39, 0.29) is 5.91 Å². The molecule has 1 aromatic rings. The predicted molar refractivity (Wildman–Crippen MR) is 114 cm³/mol. The van der Waals surface area contributed by atoms with Crippen LogP contribution >= 0.6 is 15.9 Å². The van der Waals surface area contributed by atoms with Crippen LogP contribution in [0.5, 0.6) is 0 Å². The first kappa shape index (κ1) is 18.8. The third-order valence-corrected chi connectivity index (χ3v) is 6.61. The highest BCUT2D eigenvalue weighted by molar-refractivity contribution is 9.10. The number of allylic oxidation sites excluding steroid dienone is 3. The van der Waals surface area contributed by atoms with Crippen molar-refractivity contribution in [1.29, 1.82) is 0 Å². The Hall–Kier alpha value is -1.59. The summed E-state index contributed by atoms with van der Waals surface area (Å²) in [7, 11) is 0. The highest BCUT2D eigenvalue weighted by Gasteiger charge is 2.33. The van der Waals surface area contributed by atoms with Crippen LogP contribution < -0.4 is 4.90 Å². The Balaban J connectivity index is 1.30. The number of halogens is 1. The summed E-state index contributed by atoms with van der Waals surface area (Å²) in [5.74, 6) is 0.702. The molecule has 5 heteroatoms. The summed E-state index contributed by atoms with van der Waals surface area (Å²) in [6.45, 7) is 8.09. The fraction of sp³-hybridized carbons (Fsp3) is 0.500. The Morgan fingerprint density at radius 2 is 1.89 bits per heavy atom. The zero-order valence-electron chi connectivity index (χ0n) is 16.0. The lowest BCUT2D eigenvalue weighted by Crippen LogP contribution is -2.47. The van der Waals surface area contributed by atoms with Crippen molar-refractivity contribution in [3.63, 3.8) is 0 Å². The summed E-state index contributed by atoms with van der Waals surface area (Å²) >= 11 is 3.51. The van der Waals surface area contributed by atoms with Crippen LogP contribution in [-0.4, -0.2) is 55.0 Å². The molecule has 0 aromatic heterocycles. The van der Waals surface area contributed by atoms with Gasteiger partial charge in [0, 0.05) is 61.4 Å². The number of nitrogens with zero attached hydrogens (tertiary/aromatic N) is 3. The normalized spacial score (nSPS) is 23.1. The molecular weight excluding hydrogens is 402 g/mol. The van der Waals surface area contributed by atoms with Gasteiger partial charge >= 0.3 is 0 Å². The second-order valence-electron chi connectivity index (χ2n) is 7.76. The van der Waals surface area contributed by atoms with Crippen molar-refractivity contribution in [1.82, 2.24) is 9.80 Å². The van der Waals surface area contributed by atoms with E-state index < -0.39 is 0 Å². The number of benzene rings is 1. The molecule has 4 nitrogen and oxygen atoms in total. The fourth-order valence-corrected chi connectivity index (χ4v) is 4.81. The number of piperazine rings is 1. The van der Waals surface area contributed by atoms with Crippen molar-refractivity contribution < 1.29 is 4.79 Å². The zero-order valence-corrected chi connectivity index (χ0v) is 17.6. The van der Waals surface area contributed by atoms with Gasteiger partial charge in [-0.3, -0.25) is 9.69 Å². The van der Waals surface area contributed by atoms with E-state index in [1.54, 1.807) is 6.92 Å². The second-order valence-corrected chi connectivity index (χ2v) is 8.68. The van der Waals surface area contributed by atoms with Gasteiger partial charge in [0.2, 0.25) is 5.91 Å². The average molecular weight is 430 g/mol. The fourth-order valence-electron chi connectivity index (χ4n) is 4.55. The lowest BCUT2D eigenvalue weighted by molar-refractivity contribution is -0.126. The number of anilines is 1. The number of carbonyl (C=O) groups excluding carboxylic acids is 1. The minimum absolute atomic E-state index is 0.198. The smallest absolute Gasteiger partial charge is 0.223 e. The highest BCUT2D eigenvalue weighted by atomic mass is 79.9. The van der Waals surface area contributed by atoms with Gasteiger partial charge in [0.1, 0.15) is 0 Å². The molecule has 0 bridgehead atoms. The quantitative estimate of drug-likeness (QED) is 0.722. The molecule has 1 aliphatic carbocycles. The van der Waals surface area contributed by atoms with E-state index in [2.05, 4.69) is 62.1 Å². The van der Waals surface area contributed by atoms with Crippen molar-refractivity contribution in [3.8, 4) is 0 Å². The minimum atomic E-state index is 0.198. The van der Waals surface area contributed by atoms with E-state index in [9.17, 15) is 4.79 Å². The van der Waals surface area contributed by atoms with Crippen molar-refractivity contribution in [3.05, 3.63) is 52.2 Å². The summed E-state index contributed by atoms with van der Waals surface area (Å²) in [6, 6.07) is 8.62. The van der Waals surface area contributed by atoms with Crippen LogP contribution in [0.3, 0.4) is 0 Å². The number of carbonyl (C=O) groups is 1. The zero-order chi connectivity index (χ0) is 18.8. The lowest BCUT2D eigenvalue weighted by Gasteiger charge is -2.36. The second kappa shape index (κ2) is 8.19. The maximum atomic E-state index is 12.0. The molecule has 1 fully saturated rings. The molecule has 4 rings (SSSR count). The maximum absolute atomic E-state index is 12.0. The first-order chi connectivity index (χ1) is 13.1. The van der Waals surface area contributed by atoms with Crippen molar-refractivity contribution in [2.75, 3.05) is 44.2 Å². The van der Waals surface area contributed by atoms with Crippen LogP contribution in [-0.2, 0) is 4.79 Å². The molecule has 3 aliphatic rings. The van der Waals surface area contributed by atoms with Gasteiger partial charge in [-0.1, -0.05) is 28.1 Å². The molecule has 0 spiro atoms. The summed E-state index contributed by atoms with van der Waals surface area (Å²) in [5.41, 5.74) is 4.02. The van der Waals surface area contributed by atoms with Gasteiger partial charge < -0.3 is 9.80 Å². The molecule has 1 aromatic carbocycles. The van der Waals surface area contributed by atoms with Crippen LogP contribution in [0.15, 0.2) is 52.2 Å². The number of hydrogen-bond acceptors (Lipinski definition) is 3. The van der Waals surface area contributed by atoms with E-state index in [1.807, 2.05) is 4.90 Å². The Morgan fingerprint density at radius 1 is 1.15 bits per heavy atom. The molecule has 0 saturated carbocycles. The van der Waals surface area contributed by atoms with Crippen molar-refractivity contribution >= 4 is 27.5 Å². The third kappa shape index (κ3) is 4.14. The SMILES string of the molecule is CC(=O)N1CC(CCN2CCN(c3ccc(Br)cc3)CC2)C2=C1CCC=C2. The van der Waals surface area contributed by atoms with E-state index in [0.29, 0.717) is 5.92 Å². The van der Waals surface area contributed by atoms with E-state index >= 15 is 0 Å². The van der Waals surface area contributed by atoms with Gasteiger partial charge in [-0.15, -0.1) is 0 Å². The van der Waals surface area contributed by atoms with E-state index in [4.69, 9.17) is 0 Å². The molecule has 1 unspecified atom stereocenters. The molecule has 1 amide bonds. The molecule has 27 heavy (non-hydrogen) atoms.